The molecule has 7 heteroatoms. The van der Waals surface area contributed by atoms with Gasteiger partial charge in [0.05, 0.1) is 18.9 Å². The third-order valence-corrected chi connectivity index (χ3v) is 6.84. The number of ether oxygens (including phenoxy) is 1. The van der Waals surface area contributed by atoms with Gasteiger partial charge in [0, 0.05) is 34.9 Å². The molecule has 2 aromatic rings. The van der Waals surface area contributed by atoms with E-state index in [2.05, 4.69) is 10.2 Å². The van der Waals surface area contributed by atoms with Crippen molar-refractivity contribution in [3.63, 3.8) is 0 Å². The second kappa shape index (κ2) is 5.28. The van der Waals surface area contributed by atoms with Crippen LogP contribution in [0.2, 0.25) is 0 Å². The first-order valence-electron chi connectivity index (χ1n) is 7.69. The first-order valence-corrected chi connectivity index (χ1v) is 10.0. The molecule has 1 saturated heterocycles. The number of aromatic nitrogens is 2. The average Bonchev–Trinajstić information content (AvgIpc) is 2.98. The SMILES string of the molecule is C[SH]1(=O)Cc2c(C(=O)N3CCOCC3)n[nH]c2-c2ccccc21. The second-order valence-corrected chi connectivity index (χ2v) is 9.11. The smallest absolute Gasteiger partial charge is 0.274 e. The number of fused-ring (bicyclic) bond motifs is 3. The third kappa shape index (κ3) is 2.31. The van der Waals surface area contributed by atoms with E-state index in [1.165, 1.54) is 0 Å². The Labute approximate surface area is 135 Å². The standard InChI is InChI=1S/C16H19N3O3S/c1-23(21)10-12-14(11-4-2-3-5-13(11)23)17-18-15(12)16(20)19-6-8-22-9-7-19/h2-5,23H,6-10H2,1H3,(H,17,18). The van der Waals surface area contributed by atoms with Crippen LogP contribution in [0.3, 0.4) is 0 Å². The van der Waals surface area contributed by atoms with E-state index in [-0.39, 0.29) is 5.91 Å². The summed E-state index contributed by atoms with van der Waals surface area (Å²) in [6.45, 7) is 2.24. The summed E-state index contributed by atoms with van der Waals surface area (Å²) >= 11 is 0. The Bertz CT molecular complexity index is 824. The van der Waals surface area contributed by atoms with Gasteiger partial charge in [-0.05, 0) is 12.3 Å². The molecule has 0 atom stereocenters. The molecular formula is C16H19N3O3S. The Balaban J connectivity index is 1.79. The lowest BCUT2D eigenvalue weighted by Crippen LogP contribution is -2.41. The summed E-state index contributed by atoms with van der Waals surface area (Å²) in [5.74, 6) is 0.270. The van der Waals surface area contributed by atoms with Crippen molar-refractivity contribution in [1.82, 2.24) is 15.1 Å². The number of carbonyl (C=O) groups is 1. The van der Waals surface area contributed by atoms with Gasteiger partial charge >= 0.3 is 0 Å². The summed E-state index contributed by atoms with van der Waals surface area (Å²) in [4.78, 5) is 15.4. The zero-order chi connectivity index (χ0) is 16.0. The van der Waals surface area contributed by atoms with Gasteiger partial charge in [0.25, 0.3) is 5.91 Å². The van der Waals surface area contributed by atoms with Gasteiger partial charge in [-0.3, -0.25) is 14.1 Å². The Morgan fingerprint density at radius 3 is 2.83 bits per heavy atom. The molecule has 0 bridgehead atoms. The fourth-order valence-electron chi connectivity index (χ4n) is 3.32. The number of morpholine rings is 1. The molecule has 6 nitrogen and oxygen atoms in total. The zero-order valence-electron chi connectivity index (χ0n) is 12.9. The maximum Gasteiger partial charge on any atom is 0.274 e. The quantitative estimate of drug-likeness (QED) is 0.766. The molecule has 4 rings (SSSR count). The number of rotatable bonds is 1. The van der Waals surface area contributed by atoms with Gasteiger partial charge in [-0.1, -0.05) is 28.1 Å². The Morgan fingerprint density at radius 2 is 2.04 bits per heavy atom. The molecule has 1 fully saturated rings. The average molecular weight is 333 g/mol. The van der Waals surface area contributed by atoms with E-state index < -0.39 is 9.93 Å². The summed E-state index contributed by atoms with van der Waals surface area (Å²) in [7, 11) is -2.54. The first kappa shape index (κ1) is 14.6. The molecule has 23 heavy (non-hydrogen) atoms. The van der Waals surface area contributed by atoms with Crippen LogP contribution in [0.15, 0.2) is 29.2 Å². The molecule has 1 aromatic heterocycles. The predicted molar refractivity (Wildman–Crippen MR) is 88.2 cm³/mol. The fourth-order valence-corrected chi connectivity index (χ4v) is 5.50. The lowest BCUT2D eigenvalue weighted by molar-refractivity contribution is 0.0298. The minimum atomic E-state index is -2.54. The number of amides is 1. The molecule has 2 aliphatic rings. The number of hydrogen-bond donors (Lipinski definition) is 2. The van der Waals surface area contributed by atoms with Crippen molar-refractivity contribution in [1.29, 1.82) is 0 Å². The van der Waals surface area contributed by atoms with Crippen molar-refractivity contribution < 1.29 is 13.7 Å². The zero-order valence-corrected chi connectivity index (χ0v) is 13.8. The lowest BCUT2D eigenvalue weighted by atomic mass is 10.1. The van der Waals surface area contributed by atoms with Crippen LogP contribution in [0, 0.1) is 0 Å². The number of aromatic amines is 1. The largest absolute Gasteiger partial charge is 0.378 e. The molecule has 1 amide bonds. The molecule has 3 heterocycles. The number of benzene rings is 1. The minimum absolute atomic E-state index is 0.106. The van der Waals surface area contributed by atoms with Crippen LogP contribution in [0.4, 0.5) is 0 Å². The molecule has 1 N–H and O–H groups in total. The molecule has 1 aromatic carbocycles. The first-order chi connectivity index (χ1) is 11.1. The van der Waals surface area contributed by atoms with Gasteiger partial charge in [0.15, 0.2) is 5.69 Å². The number of nitrogens with one attached hydrogen (secondary N) is 1. The number of hydrogen-bond acceptors (Lipinski definition) is 4. The molecule has 0 radical (unpaired) electrons. The number of thiol groups is 1. The maximum absolute atomic E-state index is 13.1. The van der Waals surface area contributed by atoms with Crippen LogP contribution >= 0.6 is 0 Å². The Morgan fingerprint density at radius 1 is 1.30 bits per heavy atom. The van der Waals surface area contributed by atoms with Gasteiger partial charge in [-0.2, -0.15) is 5.10 Å². The summed E-state index contributed by atoms with van der Waals surface area (Å²) in [5, 5.41) is 7.25. The van der Waals surface area contributed by atoms with Crippen LogP contribution in [0.25, 0.3) is 11.3 Å². The van der Waals surface area contributed by atoms with E-state index in [1.54, 1.807) is 11.2 Å². The van der Waals surface area contributed by atoms with Gasteiger partial charge in [0.2, 0.25) is 0 Å². The number of nitrogens with zero attached hydrogens (tertiary/aromatic N) is 2. The number of carbonyl (C=O) groups excluding carboxylic acids is 1. The van der Waals surface area contributed by atoms with E-state index in [0.717, 1.165) is 21.7 Å². The summed E-state index contributed by atoms with van der Waals surface area (Å²) in [6, 6.07) is 7.66. The molecule has 0 unspecified atom stereocenters. The van der Waals surface area contributed by atoms with Crippen molar-refractivity contribution in [2.24, 2.45) is 0 Å². The van der Waals surface area contributed by atoms with Gasteiger partial charge in [-0.15, -0.1) is 0 Å². The van der Waals surface area contributed by atoms with Crippen molar-refractivity contribution in [2.75, 3.05) is 32.6 Å². The van der Waals surface area contributed by atoms with Crippen LogP contribution in [0.5, 0.6) is 0 Å². The van der Waals surface area contributed by atoms with E-state index in [0.29, 0.717) is 37.8 Å². The van der Waals surface area contributed by atoms with Crippen molar-refractivity contribution in [3.8, 4) is 11.3 Å². The molecule has 122 valence electrons. The monoisotopic (exact) mass is 333 g/mol. The molecule has 0 saturated carbocycles. The van der Waals surface area contributed by atoms with Gasteiger partial charge in [-0.25, -0.2) is 0 Å². The van der Waals surface area contributed by atoms with Crippen LogP contribution in [-0.4, -0.2) is 57.8 Å². The Kier molecular flexibility index (Phi) is 3.35. The topological polar surface area (TPSA) is 75.3 Å². The molecule has 0 aliphatic carbocycles. The lowest BCUT2D eigenvalue weighted by Gasteiger charge is -2.29. The van der Waals surface area contributed by atoms with Gasteiger partial charge < -0.3 is 9.64 Å². The van der Waals surface area contributed by atoms with Crippen LogP contribution in [0.1, 0.15) is 16.1 Å². The summed E-state index contributed by atoms with van der Waals surface area (Å²) < 4.78 is 18.4. The second-order valence-electron chi connectivity index (χ2n) is 6.11. The number of H-pyrrole nitrogens is 1. The van der Waals surface area contributed by atoms with Gasteiger partial charge in [0.1, 0.15) is 0 Å². The van der Waals surface area contributed by atoms with E-state index >= 15 is 0 Å². The highest BCUT2D eigenvalue weighted by Crippen LogP contribution is 2.40. The van der Waals surface area contributed by atoms with Crippen LogP contribution in [-0.2, 0) is 20.4 Å². The molecule has 0 spiro atoms. The maximum atomic E-state index is 13.1. The minimum Gasteiger partial charge on any atom is -0.378 e. The van der Waals surface area contributed by atoms with Crippen molar-refractivity contribution in [3.05, 3.63) is 35.5 Å². The molecular weight excluding hydrogens is 314 g/mol. The van der Waals surface area contributed by atoms with Crippen molar-refractivity contribution in [2.45, 2.75) is 10.6 Å². The predicted octanol–water partition coefficient (Wildman–Crippen LogP) is 1.07. The van der Waals surface area contributed by atoms with E-state index in [4.69, 9.17) is 4.74 Å². The van der Waals surface area contributed by atoms with Crippen LogP contribution < -0.4 is 0 Å². The Hall–Kier alpha value is -1.99. The normalized spacial score (nSPS) is 20.5. The highest BCUT2D eigenvalue weighted by atomic mass is 32.2. The summed E-state index contributed by atoms with van der Waals surface area (Å²) in [6.07, 6.45) is 1.78. The highest BCUT2D eigenvalue weighted by molar-refractivity contribution is 8.01. The van der Waals surface area contributed by atoms with Crippen molar-refractivity contribution >= 4 is 15.8 Å². The van der Waals surface area contributed by atoms with E-state index in [9.17, 15) is 9.00 Å². The van der Waals surface area contributed by atoms with E-state index in [1.807, 2.05) is 24.3 Å². The summed E-state index contributed by atoms with van der Waals surface area (Å²) in [5.41, 5.74) is 2.91. The fraction of sp³-hybridized carbons (Fsp3) is 0.375. The highest BCUT2D eigenvalue weighted by Gasteiger charge is 2.33. The third-order valence-electron chi connectivity index (χ3n) is 4.51. The molecule has 2 aliphatic heterocycles.